The number of anilines is 1. The zero-order valence-corrected chi connectivity index (χ0v) is 14.5. The van der Waals surface area contributed by atoms with Gasteiger partial charge in [0.15, 0.2) is 5.82 Å². The van der Waals surface area contributed by atoms with Crippen LogP contribution in [0.25, 0.3) is 23.1 Å². The molecule has 1 aromatic heterocycles. The van der Waals surface area contributed by atoms with Crippen LogP contribution in [0.3, 0.4) is 0 Å². The van der Waals surface area contributed by atoms with Gasteiger partial charge in [0.1, 0.15) is 0 Å². The van der Waals surface area contributed by atoms with Gasteiger partial charge in [-0.25, -0.2) is 9.97 Å². The Morgan fingerprint density at radius 1 is 0.920 bits per heavy atom. The van der Waals surface area contributed by atoms with Crippen molar-refractivity contribution in [3.8, 4) is 0 Å². The van der Waals surface area contributed by atoms with Gasteiger partial charge in [0.05, 0.1) is 5.52 Å². The number of fused-ring (bicyclic) bond motifs is 1. The highest BCUT2D eigenvalue weighted by atomic mass is 15.2. The minimum atomic E-state index is 0.742. The van der Waals surface area contributed by atoms with Gasteiger partial charge in [-0.05, 0) is 36.9 Å². The zero-order valence-electron chi connectivity index (χ0n) is 14.5. The van der Waals surface area contributed by atoms with E-state index in [0.717, 1.165) is 48.5 Å². The Bertz CT molecular complexity index is 881. The lowest BCUT2D eigenvalue weighted by Crippen LogP contribution is -2.44. The van der Waals surface area contributed by atoms with E-state index in [1.807, 2.05) is 36.5 Å². The molecule has 1 fully saturated rings. The van der Waals surface area contributed by atoms with Gasteiger partial charge in [0.25, 0.3) is 0 Å². The van der Waals surface area contributed by atoms with E-state index >= 15 is 0 Å². The van der Waals surface area contributed by atoms with Crippen LogP contribution in [0, 0.1) is 0 Å². The number of aromatic nitrogens is 2. The van der Waals surface area contributed by atoms with Gasteiger partial charge in [0, 0.05) is 43.4 Å². The molecular formula is C21H22N4. The molecule has 0 radical (unpaired) electrons. The first kappa shape index (κ1) is 15.8. The highest BCUT2D eigenvalue weighted by Crippen LogP contribution is 2.22. The number of likely N-dealkylation sites (N-methyl/N-ethyl adjacent to an activating group) is 1. The minimum absolute atomic E-state index is 0.742. The molecule has 3 aromatic rings. The summed E-state index contributed by atoms with van der Waals surface area (Å²) in [5, 5.41) is 1.08. The molecule has 4 heteroatoms. The summed E-state index contributed by atoms with van der Waals surface area (Å²) in [5.74, 6) is 0.742. The molecule has 0 unspecified atom stereocenters. The maximum atomic E-state index is 4.73. The summed E-state index contributed by atoms with van der Waals surface area (Å²) in [6, 6.07) is 16.7. The molecule has 0 atom stereocenters. The molecule has 0 N–H and O–H groups in total. The van der Waals surface area contributed by atoms with Crippen molar-refractivity contribution in [1.82, 2.24) is 14.9 Å². The maximum absolute atomic E-state index is 4.73. The Morgan fingerprint density at radius 2 is 1.72 bits per heavy atom. The first-order chi connectivity index (χ1) is 12.3. The second-order valence-corrected chi connectivity index (χ2v) is 6.51. The van der Waals surface area contributed by atoms with E-state index in [1.54, 1.807) is 0 Å². The summed E-state index contributed by atoms with van der Waals surface area (Å²) < 4.78 is 0. The topological polar surface area (TPSA) is 32.3 Å². The lowest BCUT2D eigenvalue weighted by Gasteiger charge is -2.34. The Labute approximate surface area is 148 Å². The average molecular weight is 330 g/mol. The predicted molar refractivity (Wildman–Crippen MR) is 105 cm³/mol. The van der Waals surface area contributed by atoms with Crippen molar-refractivity contribution in [3.63, 3.8) is 0 Å². The number of hydrogen-bond acceptors (Lipinski definition) is 4. The first-order valence-electron chi connectivity index (χ1n) is 8.71. The van der Waals surface area contributed by atoms with Crippen molar-refractivity contribution in [2.75, 3.05) is 38.1 Å². The van der Waals surface area contributed by atoms with Gasteiger partial charge >= 0.3 is 0 Å². The van der Waals surface area contributed by atoms with Crippen LogP contribution in [-0.2, 0) is 0 Å². The molecular weight excluding hydrogens is 308 g/mol. The SMILES string of the molecule is CN1CCN(c2ccc3cnc(C=Cc4ccccc4)nc3c2)CC1. The molecule has 2 heterocycles. The molecule has 25 heavy (non-hydrogen) atoms. The Hall–Kier alpha value is -2.72. The van der Waals surface area contributed by atoms with Crippen molar-refractivity contribution >= 4 is 28.7 Å². The minimum Gasteiger partial charge on any atom is -0.369 e. The number of hydrogen-bond donors (Lipinski definition) is 0. The Kier molecular flexibility index (Phi) is 4.44. The lowest BCUT2D eigenvalue weighted by atomic mass is 10.2. The first-order valence-corrected chi connectivity index (χ1v) is 8.71. The van der Waals surface area contributed by atoms with Gasteiger partial charge in [-0.2, -0.15) is 0 Å². The molecule has 1 aliphatic rings. The molecule has 0 amide bonds. The second-order valence-electron chi connectivity index (χ2n) is 6.51. The van der Waals surface area contributed by atoms with E-state index < -0.39 is 0 Å². The van der Waals surface area contributed by atoms with Crippen LogP contribution < -0.4 is 4.90 Å². The van der Waals surface area contributed by atoms with Crippen LogP contribution >= 0.6 is 0 Å². The van der Waals surface area contributed by atoms with Crippen LogP contribution in [0.4, 0.5) is 5.69 Å². The standard InChI is InChI=1S/C21H22N4/c1-24-11-13-25(14-12-24)19-9-8-18-16-22-21(23-20(18)15-19)10-7-17-5-3-2-4-6-17/h2-10,15-16H,11-14H2,1H3. The molecule has 1 aliphatic heterocycles. The molecule has 0 spiro atoms. The fourth-order valence-electron chi connectivity index (χ4n) is 3.10. The molecule has 1 saturated heterocycles. The van der Waals surface area contributed by atoms with Crippen molar-refractivity contribution in [2.24, 2.45) is 0 Å². The van der Waals surface area contributed by atoms with Gasteiger partial charge in [-0.15, -0.1) is 0 Å². The molecule has 0 aliphatic carbocycles. The zero-order chi connectivity index (χ0) is 17.1. The third-order valence-electron chi connectivity index (χ3n) is 4.68. The third kappa shape index (κ3) is 3.69. The second kappa shape index (κ2) is 7.03. The third-order valence-corrected chi connectivity index (χ3v) is 4.68. The summed E-state index contributed by atoms with van der Waals surface area (Å²) in [4.78, 5) is 14.0. The van der Waals surface area contributed by atoms with Crippen molar-refractivity contribution in [1.29, 1.82) is 0 Å². The highest BCUT2D eigenvalue weighted by Gasteiger charge is 2.14. The summed E-state index contributed by atoms with van der Waals surface area (Å²) >= 11 is 0. The average Bonchev–Trinajstić information content (AvgIpc) is 2.67. The number of nitrogens with zero attached hydrogens (tertiary/aromatic N) is 4. The van der Waals surface area contributed by atoms with Gasteiger partial charge in [-0.1, -0.05) is 36.4 Å². The summed E-state index contributed by atoms with van der Waals surface area (Å²) in [5.41, 5.74) is 3.40. The van der Waals surface area contributed by atoms with Gasteiger partial charge < -0.3 is 9.80 Å². The van der Waals surface area contributed by atoms with Crippen LogP contribution in [0.2, 0.25) is 0 Å². The van der Waals surface area contributed by atoms with Crippen molar-refractivity contribution in [3.05, 3.63) is 66.1 Å². The van der Waals surface area contributed by atoms with E-state index in [2.05, 4.69) is 52.2 Å². The van der Waals surface area contributed by atoms with E-state index in [9.17, 15) is 0 Å². The fraction of sp³-hybridized carbons (Fsp3) is 0.238. The summed E-state index contributed by atoms with van der Waals surface area (Å²) in [6.45, 7) is 4.33. The fourth-order valence-corrected chi connectivity index (χ4v) is 3.10. The Morgan fingerprint density at radius 3 is 2.52 bits per heavy atom. The molecule has 126 valence electrons. The molecule has 2 aromatic carbocycles. The van der Waals surface area contributed by atoms with Crippen LogP contribution in [-0.4, -0.2) is 48.1 Å². The lowest BCUT2D eigenvalue weighted by molar-refractivity contribution is 0.313. The molecule has 0 saturated carbocycles. The van der Waals surface area contributed by atoms with Crippen molar-refractivity contribution < 1.29 is 0 Å². The quantitative estimate of drug-likeness (QED) is 0.735. The van der Waals surface area contributed by atoms with E-state index in [1.165, 1.54) is 5.69 Å². The number of rotatable bonds is 3. The van der Waals surface area contributed by atoms with Crippen LogP contribution in [0.5, 0.6) is 0 Å². The summed E-state index contributed by atoms with van der Waals surface area (Å²) in [6.07, 6.45) is 5.92. The van der Waals surface area contributed by atoms with Gasteiger partial charge in [0.2, 0.25) is 0 Å². The Balaban J connectivity index is 1.59. The van der Waals surface area contributed by atoms with Crippen LogP contribution in [0.1, 0.15) is 11.4 Å². The van der Waals surface area contributed by atoms with Crippen LogP contribution in [0.15, 0.2) is 54.7 Å². The largest absolute Gasteiger partial charge is 0.369 e. The maximum Gasteiger partial charge on any atom is 0.152 e. The molecule has 0 bridgehead atoms. The smallest absolute Gasteiger partial charge is 0.152 e. The number of benzene rings is 2. The van der Waals surface area contributed by atoms with E-state index in [-0.39, 0.29) is 0 Å². The molecule has 4 nitrogen and oxygen atoms in total. The number of piperazine rings is 1. The van der Waals surface area contributed by atoms with Crippen molar-refractivity contribution in [2.45, 2.75) is 0 Å². The monoisotopic (exact) mass is 330 g/mol. The predicted octanol–water partition coefficient (Wildman–Crippen LogP) is 3.55. The summed E-state index contributed by atoms with van der Waals surface area (Å²) in [7, 11) is 2.18. The highest BCUT2D eigenvalue weighted by molar-refractivity contribution is 5.83. The van der Waals surface area contributed by atoms with E-state index in [0.29, 0.717) is 0 Å². The normalized spacial score (nSPS) is 16.0. The van der Waals surface area contributed by atoms with Gasteiger partial charge in [-0.3, -0.25) is 0 Å². The van der Waals surface area contributed by atoms with E-state index in [4.69, 9.17) is 4.98 Å². The molecule has 4 rings (SSSR count).